The van der Waals surface area contributed by atoms with Gasteiger partial charge in [-0.2, -0.15) is 10.5 Å². The Labute approximate surface area is 620 Å². The van der Waals surface area contributed by atoms with Crippen LogP contribution in [-0.4, -0.2) is 54.9 Å². The van der Waals surface area contributed by atoms with E-state index in [4.69, 9.17) is 10.5 Å². The van der Waals surface area contributed by atoms with E-state index in [1.165, 1.54) is 227 Å². The summed E-state index contributed by atoms with van der Waals surface area (Å²) in [6.45, 7) is 12.6. The van der Waals surface area contributed by atoms with Gasteiger partial charge in [-0.25, -0.2) is 9.98 Å². The molecule has 8 aromatic rings. The molecule has 10 nitrogen and oxygen atoms in total. The van der Waals surface area contributed by atoms with Crippen LogP contribution in [0.15, 0.2) is 165 Å². The number of nitrogens with zero attached hydrogens (tertiary/aromatic N) is 4. The summed E-state index contributed by atoms with van der Waals surface area (Å²) in [7, 11) is 0. The summed E-state index contributed by atoms with van der Waals surface area (Å²) in [6, 6.07) is 51.3. The van der Waals surface area contributed by atoms with Crippen LogP contribution in [-0.2, 0) is 0 Å². The highest BCUT2D eigenvalue weighted by molar-refractivity contribution is 7.99. The van der Waals surface area contributed by atoms with Crippen molar-refractivity contribution < 1.29 is 19.8 Å². The Morgan fingerprint density at radius 3 is 0.843 bits per heavy atom. The van der Waals surface area contributed by atoms with Gasteiger partial charge in [0.2, 0.25) is 0 Å². The smallest absolute Gasteiger partial charge is 0.280 e. The lowest BCUT2D eigenvalue weighted by Crippen LogP contribution is -1.99. The number of fused-ring (bicyclic) bond motifs is 2. The lowest BCUT2D eigenvalue weighted by Gasteiger charge is -2.05. The van der Waals surface area contributed by atoms with Gasteiger partial charge < -0.3 is 20.2 Å². The van der Waals surface area contributed by atoms with E-state index in [2.05, 4.69) is 70.2 Å². The molecule has 0 fully saturated rings. The van der Waals surface area contributed by atoms with Crippen LogP contribution in [0.25, 0.3) is 22.5 Å². The second-order valence-corrected chi connectivity index (χ2v) is 30.1. The number of amides is 2. The van der Waals surface area contributed by atoms with Crippen molar-refractivity contribution in [1.82, 2.24) is 9.97 Å². The van der Waals surface area contributed by atoms with Gasteiger partial charge in [0.1, 0.15) is 0 Å². The lowest BCUT2D eigenvalue weighted by molar-refractivity contribution is 0.0998. The Balaban J connectivity index is 0.000000210. The van der Waals surface area contributed by atoms with Crippen LogP contribution in [0, 0.1) is 50.4 Å². The maximum Gasteiger partial charge on any atom is 0.280 e. The zero-order valence-electron chi connectivity index (χ0n) is 62.2. The number of benzene rings is 6. The van der Waals surface area contributed by atoms with Crippen molar-refractivity contribution in [2.24, 2.45) is 9.98 Å². The van der Waals surface area contributed by atoms with E-state index in [1.54, 1.807) is 0 Å². The normalized spacial score (nSPS) is 11.9. The molecule has 12 heteroatoms. The molecule has 6 aromatic carbocycles. The van der Waals surface area contributed by atoms with Crippen LogP contribution >= 0.6 is 23.5 Å². The summed E-state index contributed by atoms with van der Waals surface area (Å²) in [5.74, 6) is 1.66. The van der Waals surface area contributed by atoms with Gasteiger partial charge in [0, 0.05) is 20.9 Å². The fourth-order valence-electron chi connectivity index (χ4n) is 12.9. The van der Waals surface area contributed by atoms with Crippen LogP contribution < -0.4 is 0 Å². The number of carbonyl (C=O) groups is 2. The molecule has 0 aliphatic carbocycles. The number of nitriles is 2. The second kappa shape index (κ2) is 46.4. The van der Waals surface area contributed by atoms with Crippen molar-refractivity contribution in [1.29, 1.82) is 10.5 Å². The summed E-state index contributed by atoms with van der Waals surface area (Å²) in [6.07, 6.45) is 45.1. The largest absolute Gasteiger partial charge is 0.494 e. The minimum absolute atomic E-state index is 0.00729. The minimum Gasteiger partial charge on any atom is -0.494 e. The number of aryl methyl sites for hydroxylation is 4. The molecule has 102 heavy (non-hydrogen) atoms. The highest BCUT2D eigenvalue weighted by Crippen LogP contribution is 2.40. The van der Waals surface area contributed by atoms with E-state index < -0.39 is 0 Å². The molecule has 0 atom stereocenters. The number of hydrogen-bond acceptors (Lipinski definition) is 8. The SMILES string of the molecule is CCCCCCCCCCCCCCCCCCSc1ccc(-c2[nH]c(O)c3c2C(=O)N=C3c2ccc(C)cc2)cc1.CCCCCCCCCCCCCCCCCCSc1ccc(C#N)cc1.Cc1ccc(C#N)cc1.Cc1ccc(C2=NC(=O)c3c(-c4ccc(C)cc4)[nH]c(O)c32)cc1. The molecule has 2 aliphatic rings. The molecular weight excluding hydrogens is 1290 g/mol. The molecule has 0 saturated carbocycles. The Morgan fingerprint density at radius 2 is 0.559 bits per heavy atom. The van der Waals surface area contributed by atoms with Gasteiger partial charge in [-0.1, -0.05) is 326 Å². The van der Waals surface area contributed by atoms with E-state index in [-0.39, 0.29) is 23.6 Å². The number of thioether (sulfide) groups is 2. The first-order chi connectivity index (χ1) is 49.8. The number of rotatable bonds is 40. The number of nitrogens with one attached hydrogen (secondary N) is 2. The predicted octanol–water partition coefficient (Wildman–Crippen LogP) is 25.8. The molecule has 2 aliphatic heterocycles. The number of aromatic amines is 2. The molecule has 4 heterocycles. The van der Waals surface area contributed by atoms with E-state index in [1.807, 2.05) is 173 Å². The number of H-pyrrole nitrogens is 2. The molecule has 4 N–H and O–H groups in total. The van der Waals surface area contributed by atoms with Crippen LogP contribution in [0.5, 0.6) is 11.8 Å². The summed E-state index contributed by atoms with van der Waals surface area (Å²) in [5, 5.41) is 38.3. The highest BCUT2D eigenvalue weighted by Gasteiger charge is 2.35. The average Bonchev–Trinajstić information content (AvgIpc) is 1.60. The third-order valence-corrected chi connectivity index (χ3v) is 21.3. The lowest BCUT2D eigenvalue weighted by atomic mass is 9.99. The predicted molar refractivity (Wildman–Crippen MR) is 430 cm³/mol. The number of aromatic nitrogens is 2. The zero-order valence-corrected chi connectivity index (χ0v) is 63.8. The monoisotopic (exact) mass is 1410 g/mol. The molecule has 0 unspecified atom stereocenters. The fraction of sp³-hybridized carbons (Fsp3) is 0.444. The molecule has 0 spiro atoms. The number of carbonyl (C=O) groups excluding carboxylic acids is 2. The molecule has 2 amide bonds. The first kappa shape index (κ1) is 81.1. The summed E-state index contributed by atoms with van der Waals surface area (Å²) < 4.78 is 0. The second-order valence-electron chi connectivity index (χ2n) is 27.8. The Kier molecular flexibility index (Phi) is 37.0. The molecule has 540 valence electrons. The molecular formula is C90H114N6O4S2. The van der Waals surface area contributed by atoms with Crippen LogP contribution in [0.1, 0.15) is 296 Å². The van der Waals surface area contributed by atoms with E-state index in [0.717, 1.165) is 55.8 Å². The molecule has 0 saturated heterocycles. The van der Waals surface area contributed by atoms with Gasteiger partial charge in [-0.15, -0.1) is 23.5 Å². The molecule has 2 aromatic heterocycles. The Bertz CT molecular complexity index is 3910. The number of aliphatic imine (C=N–C) groups is 2. The average molecular weight is 1410 g/mol. The Morgan fingerprint density at radius 1 is 0.324 bits per heavy atom. The van der Waals surface area contributed by atoms with Crippen molar-refractivity contribution in [2.45, 2.75) is 257 Å². The summed E-state index contributed by atoms with van der Waals surface area (Å²) >= 11 is 3.81. The van der Waals surface area contributed by atoms with E-state index in [0.29, 0.717) is 45.1 Å². The highest BCUT2D eigenvalue weighted by atomic mass is 32.2. The maximum atomic E-state index is 12.9. The summed E-state index contributed by atoms with van der Waals surface area (Å²) in [5.41, 5.74) is 13.6. The van der Waals surface area contributed by atoms with E-state index >= 15 is 0 Å². The van der Waals surface area contributed by atoms with Crippen LogP contribution in [0.2, 0.25) is 0 Å². The van der Waals surface area contributed by atoms with Gasteiger partial charge in [-0.05, 0) is 112 Å². The van der Waals surface area contributed by atoms with Crippen molar-refractivity contribution >= 4 is 46.8 Å². The van der Waals surface area contributed by atoms with Crippen molar-refractivity contribution in [3.05, 3.63) is 212 Å². The number of hydrogen-bond donors (Lipinski definition) is 4. The van der Waals surface area contributed by atoms with Gasteiger partial charge in [0.05, 0.1) is 68.3 Å². The first-order valence-corrected chi connectivity index (χ1v) is 40.5. The van der Waals surface area contributed by atoms with Gasteiger partial charge in [-0.3, -0.25) is 9.59 Å². The van der Waals surface area contributed by atoms with Gasteiger partial charge in [0.15, 0.2) is 11.8 Å². The minimum atomic E-state index is -0.326. The first-order valence-electron chi connectivity index (χ1n) is 38.5. The maximum absolute atomic E-state index is 12.9. The third kappa shape index (κ3) is 27.6. The summed E-state index contributed by atoms with van der Waals surface area (Å²) in [4.78, 5) is 42.3. The number of aromatic hydroxyl groups is 2. The topological polar surface area (TPSA) is 178 Å². The third-order valence-electron chi connectivity index (χ3n) is 19.1. The van der Waals surface area contributed by atoms with Gasteiger partial charge >= 0.3 is 0 Å². The Hall–Kier alpha value is -8.16. The van der Waals surface area contributed by atoms with E-state index in [9.17, 15) is 19.8 Å². The molecule has 10 rings (SSSR count). The van der Waals surface area contributed by atoms with Crippen molar-refractivity contribution in [3.63, 3.8) is 0 Å². The fourth-order valence-corrected chi connectivity index (χ4v) is 14.8. The quantitative estimate of drug-likeness (QED) is 0.0216. The molecule has 0 bridgehead atoms. The standard InChI is InChI=1S/C37H50N2O2S.C25H41NS.C20H16N2O2.C8H7N/c1-3-4-5-6-7-8-9-10-11-12-13-14-15-16-17-18-27-42-31-25-23-30(24-26-31)35-33-32(36(40)39-35)34(38-37(33)41)29-21-19-28(2)20-22-29;1-2-3-4-5-6-7-8-9-10-11-12-13-14-15-16-17-22-27-25-20-18-24(23-26)19-21-25;1-11-3-7-13(8-4-11)17-15-16(20(24)21-17)18(22-19(15)23)14-9-5-12(2)6-10-14;1-7-2-4-8(6-9)5-3-7/h19-26,39-40H,3-18,27H2,1-2H3;18-21H,2-17,22H2,1H3;3-10,21,24H,1-2H3;2-5H,1H3. The van der Waals surface area contributed by atoms with Crippen molar-refractivity contribution in [2.75, 3.05) is 11.5 Å². The zero-order chi connectivity index (χ0) is 72.5. The molecule has 0 radical (unpaired) electrons. The van der Waals surface area contributed by atoms with Gasteiger partial charge in [0.25, 0.3) is 11.8 Å². The van der Waals surface area contributed by atoms with Crippen LogP contribution in [0.3, 0.4) is 0 Å². The number of unbranched alkanes of at least 4 members (excludes halogenated alkanes) is 30. The van der Waals surface area contributed by atoms with Crippen LogP contribution in [0.4, 0.5) is 0 Å². The van der Waals surface area contributed by atoms with Crippen molar-refractivity contribution in [3.8, 4) is 46.4 Å².